The van der Waals surface area contributed by atoms with Crippen LogP contribution >= 0.6 is 0 Å². The number of sulfonamides is 1. The number of rotatable bonds is 7. The number of hydrogen-bond donors (Lipinski definition) is 0. The molecule has 0 heterocycles. The molecule has 0 bridgehead atoms. The minimum atomic E-state index is -3.44. The normalized spacial score (nSPS) is 15.1. The molecule has 0 atom stereocenters. The third-order valence-electron chi connectivity index (χ3n) is 4.56. The van der Waals surface area contributed by atoms with E-state index in [1.54, 1.807) is 4.31 Å². The zero-order valence-electron chi connectivity index (χ0n) is 14.7. The summed E-state index contributed by atoms with van der Waals surface area (Å²) >= 11 is 0. The highest BCUT2D eigenvalue weighted by atomic mass is 32.2. The first kappa shape index (κ1) is 18.1. The van der Waals surface area contributed by atoms with E-state index in [0.717, 1.165) is 18.4 Å². The van der Waals surface area contributed by atoms with Gasteiger partial charge in [0.25, 0.3) is 0 Å². The molecule has 2 aromatic carbocycles. The van der Waals surface area contributed by atoms with Crippen LogP contribution in [0, 0.1) is 5.82 Å². The van der Waals surface area contributed by atoms with E-state index >= 15 is 0 Å². The quantitative estimate of drug-likeness (QED) is 0.731. The third kappa shape index (κ3) is 4.67. The van der Waals surface area contributed by atoms with Crippen LogP contribution in [0.1, 0.15) is 49.3 Å². The summed E-state index contributed by atoms with van der Waals surface area (Å²) in [5.74, 6) is 0.00894. The van der Waals surface area contributed by atoms with Crippen molar-refractivity contribution in [1.82, 2.24) is 4.31 Å². The Hall–Kier alpha value is -1.72. The summed E-state index contributed by atoms with van der Waals surface area (Å²) in [4.78, 5) is 0. The van der Waals surface area contributed by atoms with Gasteiger partial charge in [0.2, 0.25) is 10.0 Å². The highest BCUT2D eigenvalue weighted by Crippen LogP contribution is 2.32. The van der Waals surface area contributed by atoms with Gasteiger partial charge in [0, 0.05) is 12.6 Å². The first-order valence-electron chi connectivity index (χ1n) is 8.68. The van der Waals surface area contributed by atoms with Gasteiger partial charge in [-0.3, -0.25) is 0 Å². The number of hydrogen-bond acceptors (Lipinski definition) is 2. The van der Waals surface area contributed by atoms with E-state index in [-0.39, 0.29) is 17.6 Å². The van der Waals surface area contributed by atoms with E-state index < -0.39 is 10.0 Å². The first-order valence-corrected chi connectivity index (χ1v) is 10.3. The minimum Gasteiger partial charge on any atom is -0.212 e. The predicted molar refractivity (Wildman–Crippen MR) is 98.1 cm³/mol. The van der Waals surface area contributed by atoms with E-state index in [4.69, 9.17) is 0 Å². The number of halogens is 1. The maximum atomic E-state index is 13.0. The lowest BCUT2D eigenvalue weighted by atomic mass is 10.0. The predicted octanol–water partition coefficient (Wildman–Crippen LogP) is 4.44. The molecular formula is C20H24FNO2S. The molecule has 0 N–H and O–H groups in total. The highest BCUT2D eigenvalue weighted by Gasteiger charge is 2.37. The Kier molecular flexibility index (Phi) is 5.25. The third-order valence-corrected chi connectivity index (χ3v) is 6.40. The SMILES string of the molecule is CC(C)c1ccc(CN(C2CC2)S(=O)(=O)Cc2ccc(F)cc2)cc1. The van der Waals surface area contributed by atoms with E-state index in [2.05, 4.69) is 26.0 Å². The molecule has 3 rings (SSSR count). The lowest BCUT2D eigenvalue weighted by molar-refractivity contribution is 0.398. The topological polar surface area (TPSA) is 37.4 Å². The molecule has 1 aliphatic rings. The summed E-state index contributed by atoms with van der Waals surface area (Å²) in [6.45, 7) is 4.67. The van der Waals surface area contributed by atoms with Crippen molar-refractivity contribution in [1.29, 1.82) is 0 Å². The summed E-state index contributed by atoms with van der Waals surface area (Å²) in [5, 5.41) is 0. The van der Waals surface area contributed by atoms with Gasteiger partial charge in [0.05, 0.1) is 5.75 Å². The van der Waals surface area contributed by atoms with Crippen LogP contribution in [-0.2, 0) is 22.3 Å². The molecule has 0 saturated heterocycles. The van der Waals surface area contributed by atoms with E-state index in [1.165, 1.54) is 29.8 Å². The van der Waals surface area contributed by atoms with E-state index in [9.17, 15) is 12.8 Å². The summed E-state index contributed by atoms with van der Waals surface area (Å²) in [5.41, 5.74) is 2.86. The van der Waals surface area contributed by atoms with Gasteiger partial charge in [-0.1, -0.05) is 50.2 Å². The Bertz CT molecular complexity index is 810. The zero-order valence-corrected chi connectivity index (χ0v) is 15.5. The van der Waals surface area contributed by atoms with Gasteiger partial charge in [-0.15, -0.1) is 0 Å². The molecule has 0 aromatic heterocycles. The van der Waals surface area contributed by atoms with Gasteiger partial charge in [-0.25, -0.2) is 12.8 Å². The molecule has 0 unspecified atom stereocenters. The van der Waals surface area contributed by atoms with Gasteiger partial charge in [0.1, 0.15) is 5.82 Å². The maximum Gasteiger partial charge on any atom is 0.218 e. The van der Waals surface area contributed by atoms with Gasteiger partial charge < -0.3 is 0 Å². The van der Waals surface area contributed by atoms with Crippen LogP contribution in [0.25, 0.3) is 0 Å². The van der Waals surface area contributed by atoms with Crippen LogP contribution in [0.5, 0.6) is 0 Å². The maximum absolute atomic E-state index is 13.0. The van der Waals surface area contributed by atoms with Crippen LogP contribution < -0.4 is 0 Å². The van der Waals surface area contributed by atoms with Crippen molar-refractivity contribution in [3.63, 3.8) is 0 Å². The standard InChI is InChI=1S/C20H24FNO2S/c1-15(2)18-7-3-16(4-8-18)13-22(20-11-12-20)25(23,24)14-17-5-9-19(21)10-6-17/h3-10,15,20H,11-14H2,1-2H3. The monoisotopic (exact) mass is 361 g/mol. The molecule has 1 fully saturated rings. The van der Waals surface area contributed by atoms with E-state index in [1.807, 2.05) is 12.1 Å². The van der Waals surface area contributed by atoms with Crippen LogP contribution in [0.4, 0.5) is 4.39 Å². The van der Waals surface area contributed by atoms with Crippen LogP contribution in [0.15, 0.2) is 48.5 Å². The van der Waals surface area contributed by atoms with Crippen molar-refractivity contribution < 1.29 is 12.8 Å². The lowest BCUT2D eigenvalue weighted by Gasteiger charge is -2.22. The molecule has 0 amide bonds. The summed E-state index contributed by atoms with van der Waals surface area (Å²) in [6.07, 6.45) is 1.82. The Morgan fingerprint density at radius 1 is 1.00 bits per heavy atom. The molecule has 1 saturated carbocycles. The molecule has 3 nitrogen and oxygen atoms in total. The summed E-state index contributed by atoms with van der Waals surface area (Å²) < 4.78 is 40.4. The molecular weight excluding hydrogens is 337 g/mol. The van der Waals surface area contributed by atoms with Crippen LogP contribution in [-0.4, -0.2) is 18.8 Å². The van der Waals surface area contributed by atoms with Crippen LogP contribution in [0.3, 0.4) is 0 Å². The second-order valence-corrected chi connectivity index (χ2v) is 8.98. The largest absolute Gasteiger partial charge is 0.218 e. The molecule has 0 aliphatic heterocycles. The Morgan fingerprint density at radius 2 is 1.56 bits per heavy atom. The Balaban J connectivity index is 1.76. The summed E-state index contributed by atoms with van der Waals surface area (Å²) in [7, 11) is -3.44. The van der Waals surface area contributed by atoms with Gasteiger partial charge in [-0.05, 0) is 47.6 Å². The van der Waals surface area contributed by atoms with E-state index in [0.29, 0.717) is 18.0 Å². The van der Waals surface area contributed by atoms with Gasteiger partial charge in [0.15, 0.2) is 0 Å². The molecule has 0 radical (unpaired) electrons. The number of benzene rings is 2. The Labute approximate surface area is 149 Å². The van der Waals surface area contributed by atoms with Crippen molar-refractivity contribution in [2.75, 3.05) is 0 Å². The van der Waals surface area contributed by atoms with Crippen molar-refractivity contribution >= 4 is 10.0 Å². The molecule has 2 aromatic rings. The summed E-state index contributed by atoms with van der Waals surface area (Å²) in [6, 6.07) is 13.9. The molecule has 25 heavy (non-hydrogen) atoms. The fraction of sp³-hybridized carbons (Fsp3) is 0.400. The number of nitrogens with zero attached hydrogens (tertiary/aromatic N) is 1. The highest BCUT2D eigenvalue weighted by molar-refractivity contribution is 7.88. The lowest BCUT2D eigenvalue weighted by Crippen LogP contribution is -2.33. The second kappa shape index (κ2) is 7.26. The van der Waals surface area contributed by atoms with Crippen molar-refractivity contribution in [3.05, 3.63) is 71.0 Å². The zero-order chi connectivity index (χ0) is 18.0. The smallest absolute Gasteiger partial charge is 0.212 e. The minimum absolute atomic E-state index is 0.0894. The average Bonchev–Trinajstić information content (AvgIpc) is 3.39. The Morgan fingerprint density at radius 3 is 2.08 bits per heavy atom. The fourth-order valence-electron chi connectivity index (χ4n) is 2.88. The van der Waals surface area contributed by atoms with Crippen molar-refractivity contribution in [2.45, 2.75) is 50.9 Å². The van der Waals surface area contributed by atoms with Crippen molar-refractivity contribution in [2.24, 2.45) is 0 Å². The molecule has 1 aliphatic carbocycles. The molecule has 0 spiro atoms. The molecule has 5 heteroatoms. The van der Waals surface area contributed by atoms with Crippen LogP contribution in [0.2, 0.25) is 0 Å². The van der Waals surface area contributed by atoms with Crippen molar-refractivity contribution in [3.8, 4) is 0 Å². The first-order chi connectivity index (χ1) is 11.8. The van der Waals surface area contributed by atoms with Gasteiger partial charge >= 0.3 is 0 Å². The fourth-order valence-corrected chi connectivity index (χ4v) is 4.67. The van der Waals surface area contributed by atoms with Gasteiger partial charge in [-0.2, -0.15) is 4.31 Å². The average molecular weight is 361 g/mol. The second-order valence-electron chi connectivity index (χ2n) is 7.06. The molecule has 134 valence electrons.